The van der Waals surface area contributed by atoms with Gasteiger partial charge >= 0.3 is 0 Å². The van der Waals surface area contributed by atoms with Gasteiger partial charge in [0.1, 0.15) is 5.92 Å². The number of nitrogens with one attached hydrogen (secondary N) is 1. The van der Waals surface area contributed by atoms with E-state index >= 15 is 0 Å². The third-order valence-corrected chi connectivity index (χ3v) is 3.46. The van der Waals surface area contributed by atoms with Crippen molar-refractivity contribution in [1.82, 2.24) is 5.43 Å². The summed E-state index contributed by atoms with van der Waals surface area (Å²) in [5.74, 6) is -0.850. The topological polar surface area (TPSA) is 105 Å². The molecule has 2 rings (SSSR count). The van der Waals surface area contributed by atoms with Gasteiger partial charge in [-0.25, -0.2) is 5.01 Å². The fourth-order valence-electron chi connectivity index (χ4n) is 2.15. The molecule has 1 atom stereocenters. The molecule has 0 spiro atoms. The fourth-order valence-corrected chi connectivity index (χ4v) is 2.15. The highest BCUT2D eigenvalue weighted by molar-refractivity contribution is 6.14. The van der Waals surface area contributed by atoms with Crippen molar-refractivity contribution < 1.29 is 19.4 Å². The van der Waals surface area contributed by atoms with E-state index in [0.717, 1.165) is 26.1 Å². The van der Waals surface area contributed by atoms with Crippen LogP contribution in [0.4, 0.5) is 5.69 Å². The number of unbranched alkanes of at least 4 members (excludes halogenated alkanes) is 1. The zero-order valence-corrected chi connectivity index (χ0v) is 16.1. The molecule has 0 aliphatic carbocycles. The van der Waals surface area contributed by atoms with Crippen LogP contribution >= 0.6 is 0 Å². The van der Waals surface area contributed by atoms with Gasteiger partial charge in [-0.15, -0.1) is 0 Å². The number of nitrogens with two attached hydrogens (primary N) is 1. The van der Waals surface area contributed by atoms with E-state index in [2.05, 4.69) is 5.43 Å². The smallest absolute Gasteiger partial charge is 0.258 e. The van der Waals surface area contributed by atoms with Crippen LogP contribution < -0.4 is 16.2 Å². The molecule has 1 aromatic carbocycles. The number of para-hydroxylation sites is 1. The van der Waals surface area contributed by atoms with Crippen molar-refractivity contribution in [2.24, 2.45) is 11.7 Å². The number of anilines is 1. The summed E-state index contributed by atoms with van der Waals surface area (Å²) < 4.78 is 4.83. The number of carbonyl (C=O) groups excluding carboxylic acids is 2. The summed E-state index contributed by atoms with van der Waals surface area (Å²) in [6, 6.07) is 9.17. The maximum Gasteiger partial charge on any atom is 0.258 e. The molecule has 2 amide bonds. The van der Waals surface area contributed by atoms with Crippen molar-refractivity contribution in [2.75, 3.05) is 31.4 Å². The highest BCUT2D eigenvalue weighted by Crippen LogP contribution is 2.22. The first-order valence-corrected chi connectivity index (χ1v) is 9.15. The van der Waals surface area contributed by atoms with Crippen LogP contribution in [-0.2, 0) is 14.3 Å². The fraction of sp³-hybridized carbons (Fsp3) is 0.579. The average Bonchev–Trinajstić information content (AvgIpc) is 2.96. The first kappa shape index (κ1) is 24.0. The van der Waals surface area contributed by atoms with Crippen LogP contribution in [0.25, 0.3) is 0 Å². The van der Waals surface area contributed by atoms with Crippen molar-refractivity contribution in [3.63, 3.8) is 0 Å². The van der Waals surface area contributed by atoms with Gasteiger partial charge in [-0.1, -0.05) is 38.0 Å². The summed E-state index contributed by atoms with van der Waals surface area (Å²) in [5, 5.41) is 9.10. The number of hydrogen-bond donors (Lipinski definition) is 3. The molecule has 0 bridgehead atoms. The minimum absolute atomic E-state index is 0.0972. The Balaban J connectivity index is 0.000000582. The molecule has 1 heterocycles. The minimum atomic E-state index is -0.518. The molecule has 148 valence electrons. The van der Waals surface area contributed by atoms with Crippen LogP contribution in [-0.4, -0.2) is 43.3 Å². The molecule has 1 saturated heterocycles. The second-order valence-electron chi connectivity index (χ2n) is 5.47. The van der Waals surface area contributed by atoms with Gasteiger partial charge in [0.05, 0.1) is 12.3 Å². The lowest BCUT2D eigenvalue weighted by Crippen LogP contribution is -2.35. The van der Waals surface area contributed by atoms with Gasteiger partial charge in [-0.2, -0.15) is 0 Å². The van der Waals surface area contributed by atoms with E-state index in [1.807, 2.05) is 39.0 Å². The number of carbonyl (C=O) groups is 2. The molecule has 1 aliphatic heterocycles. The van der Waals surface area contributed by atoms with E-state index < -0.39 is 5.92 Å². The zero-order valence-electron chi connectivity index (χ0n) is 16.1. The molecule has 1 aliphatic rings. The third kappa shape index (κ3) is 8.94. The van der Waals surface area contributed by atoms with Crippen LogP contribution in [0, 0.1) is 5.92 Å². The molecular weight excluding hydrogens is 334 g/mol. The SMILES string of the molecule is CCCCC1C(=O)NN(c2ccccc2)C1=O.CCOCC.NCCO. The van der Waals surface area contributed by atoms with E-state index in [1.165, 1.54) is 5.01 Å². The van der Waals surface area contributed by atoms with Gasteiger partial charge < -0.3 is 15.6 Å². The Morgan fingerprint density at radius 1 is 1.15 bits per heavy atom. The van der Waals surface area contributed by atoms with Gasteiger partial charge in [0.25, 0.3) is 11.8 Å². The molecule has 0 aromatic heterocycles. The summed E-state index contributed by atoms with van der Waals surface area (Å²) >= 11 is 0. The van der Waals surface area contributed by atoms with E-state index in [1.54, 1.807) is 12.1 Å². The molecule has 1 fully saturated rings. The van der Waals surface area contributed by atoms with Crippen LogP contribution in [0.2, 0.25) is 0 Å². The number of amides is 2. The number of hydrogen-bond acceptors (Lipinski definition) is 5. The number of aliphatic hydroxyl groups excluding tert-OH is 1. The Labute approximate surface area is 156 Å². The van der Waals surface area contributed by atoms with Gasteiger partial charge in [-0.05, 0) is 32.4 Å². The quantitative estimate of drug-likeness (QED) is 0.638. The average molecular weight is 367 g/mol. The summed E-state index contributed by atoms with van der Waals surface area (Å²) in [6.07, 6.45) is 2.51. The third-order valence-electron chi connectivity index (χ3n) is 3.46. The number of hydrazine groups is 1. The van der Waals surface area contributed by atoms with Crippen molar-refractivity contribution in [1.29, 1.82) is 0 Å². The summed E-state index contributed by atoms with van der Waals surface area (Å²) in [7, 11) is 0. The van der Waals surface area contributed by atoms with Crippen molar-refractivity contribution in [2.45, 2.75) is 40.0 Å². The number of benzene rings is 1. The lowest BCUT2D eigenvalue weighted by atomic mass is 10.0. The lowest BCUT2D eigenvalue weighted by Gasteiger charge is -2.14. The minimum Gasteiger partial charge on any atom is -0.395 e. The highest BCUT2D eigenvalue weighted by atomic mass is 16.5. The molecule has 1 unspecified atom stereocenters. The first-order chi connectivity index (χ1) is 12.6. The van der Waals surface area contributed by atoms with Crippen LogP contribution in [0.3, 0.4) is 0 Å². The highest BCUT2D eigenvalue weighted by Gasteiger charge is 2.39. The van der Waals surface area contributed by atoms with E-state index in [0.29, 0.717) is 18.7 Å². The summed E-state index contributed by atoms with van der Waals surface area (Å²) in [6.45, 7) is 8.19. The largest absolute Gasteiger partial charge is 0.395 e. The predicted molar refractivity (Wildman–Crippen MR) is 103 cm³/mol. The molecule has 7 heteroatoms. The van der Waals surface area contributed by atoms with Gasteiger partial charge in [0.2, 0.25) is 0 Å². The Bertz CT molecular complexity index is 493. The molecule has 26 heavy (non-hydrogen) atoms. The zero-order chi connectivity index (χ0) is 19.8. The molecule has 1 aromatic rings. The number of aliphatic hydroxyl groups is 1. The second-order valence-corrected chi connectivity index (χ2v) is 5.47. The summed E-state index contributed by atoms with van der Waals surface area (Å²) in [5.41, 5.74) is 8.11. The Morgan fingerprint density at radius 3 is 2.15 bits per heavy atom. The van der Waals surface area contributed by atoms with E-state index in [4.69, 9.17) is 15.6 Å². The summed E-state index contributed by atoms with van der Waals surface area (Å²) in [4.78, 5) is 23.8. The molecule has 0 saturated carbocycles. The first-order valence-electron chi connectivity index (χ1n) is 9.15. The maximum absolute atomic E-state index is 12.1. The Morgan fingerprint density at radius 2 is 1.73 bits per heavy atom. The monoisotopic (exact) mass is 367 g/mol. The molecule has 0 radical (unpaired) electrons. The molecule has 7 nitrogen and oxygen atoms in total. The molecular formula is C19H33N3O4. The van der Waals surface area contributed by atoms with E-state index in [9.17, 15) is 9.59 Å². The normalized spacial score (nSPS) is 15.6. The van der Waals surface area contributed by atoms with Gasteiger partial charge in [0.15, 0.2) is 0 Å². The van der Waals surface area contributed by atoms with Crippen LogP contribution in [0.15, 0.2) is 30.3 Å². The standard InChI is InChI=1S/C13H16N2O2.C4H10O.C2H7NO/c1-2-3-9-11-12(16)14-15(13(11)17)10-7-5-4-6-8-10;1-3-5-4-2;3-1-2-4/h4-8,11H,2-3,9H2,1H3,(H,14,16);3-4H2,1-2H3;4H,1-3H2. The van der Waals surface area contributed by atoms with Crippen molar-refractivity contribution in [3.05, 3.63) is 30.3 Å². The van der Waals surface area contributed by atoms with Crippen molar-refractivity contribution in [3.8, 4) is 0 Å². The van der Waals surface area contributed by atoms with Crippen molar-refractivity contribution >= 4 is 17.5 Å². The predicted octanol–water partition coefficient (Wildman–Crippen LogP) is 1.85. The maximum atomic E-state index is 12.1. The Kier molecular flexibility index (Phi) is 14.2. The van der Waals surface area contributed by atoms with Gasteiger partial charge in [-0.3, -0.25) is 15.0 Å². The second kappa shape index (κ2) is 15.3. The number of rotatable bonds is 7. The number of ether oxygens (including phenoxy) is 1. The lowest BCUT2D eigenvalue weighted by molar-refractivity contribution is -0.127. The Hall–Kier alpha value is -1.96. The van der Waals surface area contributed by atoms with Gasteiger partial charge in [0, 0.05) is 19.8 Å². The van der Waals surface area contributed by atoms with Crippen LogP contribution in [0.5, 0.6) is 0 Å². The van der Waals surface area contributed by atoms with Crippen LogP contribution in [0.1, 0.15) is 40.0 Å². The molecule has 4 N–H and O–H groups in total. The van der Waals surface area contributed by atoms with E-state index in [-0.39, 0.29) is 18.4 Å². The number of nitrogens with zero attached hydrogens (tertiary/aromatic N) is 1.